The minimum absolute atomic E-state index is 0.120. The van der Waals surface area contributed by atoms with Crippen molar-refractivity contribution in [2.45, 2.75) is 32.3 Å². The first kappa shape index (κ1) is 13.0. The Kier molecular flexibility index (Phi) is 3.36. The zero-order chi connectivity index (χ0) is 13.3. The fourth-order valence-corrected chi connectivity index (χ4v) is 2.77. The van der Waals surface area contributed by atoms with E-state index in [2.05, 4.69) is 6.07 Å². The molecule has 0 bridgehead atoms. The lowest BCUT2D eigenvalue weighted by Crippen LogP contribution is -2.25. The van der Waals surface area contributed by atoms with Gasteiger partial charge in [0.25, 0.3) is 0 Å². The number of aliphatic hydroxyl groups is 1. The first-order valence-electron chi connectivity index (χ1n) is 6.03. The van der Waals surface area contributed by atoms with E-state index in [9.17, 15) is 19.1 Å². The van der Waals surface area contributed by atoms with Crippen molar-refractivity contribution in [3.63, 3.8) is 0 Å². The lowest BCUT2D eigenvalue weighted by molar-refractivity contribution is 0.0609. The highest BCUT2D eigenvalue weighted by Gasteiger charge is 2.45. The number of hydrogen-bond acceptors (Lipinski definition) is 2. The second-order valence-corrected chi connectivity index (χ2v) is 5.16. The summed E-state index contributed by atoms with van der Waals surface area (Å²) >= 11 is 0. The van der Waals surface area contributed by atoms with E-state index in [-0.39, 0.29) is 5.56 Å². The van der Waals surface area contributed by atoms with E-state index in [1.807, 2.05) is 6.92 Å². The number of hydrogen-bond donors (Lipinski definition) is 1. The number of benzene rings is 1. The SMILES string of the molecule is CC1CCC(C#N)(C(O)c2cccc(F)c2F)C1. The van der Waals surface area contributed by atoms with Gasteiger partial charge in [0.15, 0.2) is 11.6 Å². The highest BCUT2D eigenvalue weighted by atomic mass is 19.2. The molecule has 0 radical (unpaired) electrons. The van der Waals surface area contributed by atoms with Crippen molar-refractivity contribution in [2.75, 3.05) is 0 Å². The van der Waals surface area contributed by atoms with E-state index in [0.717, 1.165) is 12.5 Å². The topological polar surface area (TPSA) is 44.0 Å². The van der Waals surface area contributed by atoms with E-state index in [0.29, 0.717) is 18.8 Å². The van der Waals surface area contributed by atoms with Gasteiger partial charge in [-0.3, -0.25) is 0 Å². The summed E-state index contributed by atoms with van der Waals surface area (Å²) in [5, 5.41) is 19.6. The maximum Gasteiger partial charge on any atom is 0.164 e. The third-order valence-electron chi connectivity index (χ3n) is 3.82. The third kappa shape index (κ3) is 1.99. The van der Waals surface area contributed by atoms with E-state index in [1.165, 1.54) is 12.1 Å². The maximum absolute atomic E-state index is 13.7. The van der Waals surface area contributed by atoms with Crippen molar-refractivity contribution < 1.29 is 13.9 Å². The predicted octanol–water partition coefficient (Wildman–Crippen LogP) is 3.33. The van der Waals surface area contributed by atoms with Gasteiger partial charge in [0.1, 0.15) is 6.10 Å². The van der Waals surface area contributed by atoms with Gasteiger partial charge in [-0.1, -0.05) is 19.1 Å². The van der Waals surface area contributed by atoms with Gasteiger partial charge in [0.2, 0.25) is 0 Å². The first-order chi connectivity index (χ1) is 8.50. The van der Waals surface area contributed by atoms with E-state index in [4.69, 9.17) is 0 Å². The van der Waals surface area contributed by atoms with Gasteiger partial charge in [-0.25, -0.2) is 8.78 Å². The molecule has 1 N–H and O–H groups in total. The normalized spacial score (nSPS) is 28.9. The zero-order valence-electron chi connectivity index (χ0n) is 10.2. The van der Waals surface area contributed by atoms with Gasteiger partial charge >= 0.3 is 0 Å². The Hall–Kier alpha value is -1.47. The highest BCUT2D eigenvalue weighted by molar-refractivity contribution is 5.26. The molecule has 2 nitrogen and oxygen atoms in total. The van der Waals surface area contributed by atoms with Crippen LogP contribution in [0.4, 0.5) is 8.78 Å². The summed E-state index contributed by atoms with van der Waals surface area (Å²) in [4.78, 5) is 0. The van der Waals surface area contributed by atoms with Crippen molar-refractivity contribution >= 4 is 0 Å². The Morgan fingerprint density at radius 3 is 2.78 bits per heavy atom. The summed E-state index contributed by atoms with van der Waals surface area (Å²) in [6, 6.07) is 5.80. The largest absolute Gasteiger partial charge is 0.387 e. The predicted molar refractivity (Wildman–Crippen MR) is 62.4 cm³/mol. The molecule has 0 amide bonds. The number of aliphatic hydroxyl groups excluding tert-OH is 1. The molecular formula is C14H15F2NO. The molecule has 1 saturated carbocycles. The van der Waals surface area contributed by atoms with Crippen molar-refractivity contribution in [3.05, 3.63) is 35.4 Å². The molecule has 4 heteroatoms. The van der Waals surface area contributed by atoms with Gasteiger partial charge in [0.05, 0.1) is 11.5 Å². The lowest BCUT2D eigenvalue weighted by Gasteiger charge is -2.27. The molecule has 3 unspecified atom stereocenters. The second kappa shape index (κ2) is 4.66. The molecule has 3 atom stereocenters. The smallest absolute Gasteiger partial charge is 0.164 e. The maximum atomic E-state index is 13.7. The number of halogens is 2. The van der Waals surface area contributed by atoms with Crippen molar-refractivity contribution in [3.8, 4) is 6.07 Å². The number of rotatable bonds is 2. The van der Waals surface area contributed by atoms with Crippen LogP contribution in [0.2, 0.25) is 0 Å². The fourth-order valence-electron chi connectivity index (χ4n) is 2.77. The highest BCUT2D eigenvalue weighted by Crippen LogP contribution is 2.49. The van der Waals surface area contributed by atoms with Gasteiger partial charge in [-0.15, -0.1) is 0 Å². The fraction of sp³-hybridized carbons (Fsp3) is 0.500. The standard InChI is InChI=1S/C14H15F2NO/c1-9-5-6-14(7-9,8-17)13(18)10-3-2-4-11(15)12(10)16/h2-4,9,13,18H,5-7H2,1H3. The van der Waals surface area contributed by atoms with Crippen LogP contribution in [-0.4, -0.2) is 5.11 Å². The van der Waals surface area contributed by atoms with Crippen LogP contribution < -0.4 is 0 Å². The lowest BCUT2D eigenvalue weighted by atomic mass is 9.78. The van der Waals surface area contributed by atoms with Crippen molar-refractivity contribution in [2.24, 2.45) is 11.3 Å². The Labute approximate surface area is 105 Å². The van der Waals surface area contributed by atoms with Crippen LogP contribution in [0.3, 0.4) is 0 Å². The molecule has 1 aliphatic rings. The summed E-state index contributed by atoms with van der Waals surface area (Å²) in [5.74, 6) is -1.74. The summed E-state index contributed by atoms with van der Waals surface area (Å²) in [5.41, 5.74) is -1.11. The van der Waals surface area contributed by atoms with Crippen LogP contribution in [0.1, 0.15) is 37.9 Å². The van der Waals surface area contributed by atoms with Crippen LogP contribution in [0, 0.1) is 34.3 Å². The molecular weight excluding hydrogens is 236 g/mol. The van der Waals surface area contributed by atoms with E-state index in [1.54, 1.807) is 0 Å². The molecule has 1 aromatic carbocycles. The Balaban J connectivity index is 2.39. The third-order valence-corrected chi connectivity index (χ3v) is 3.82. The zero-order valence-corrected chi connectivity index (χ0v) is 10.2. The molecule has 18 heavy (non-hydrogen) atoms. The van der Waals surface area contributed by atoms with Crippen LogP contribution >= 0.6 is 0 Å². The summed E-state index contributed by atoms with van der Waals surface area (Å²) in [7, 11) is 0. The molecule has 0 saturated heterocycles. The molecule has 1 aromatic rings. The van der Waals surface area contributed by atoms with Gasteiger partial charge in [0, 0.05) is 5.56 Å². The molecule has 1 aliphatic carbocycles. The molecule has 0 heterocycles. The van der Waals surface area contributed by atoms with E-state index < -0.39 is 23.2 Å². The van der Waals surface area contributed by atoms with Crippen molar-refractivity contribution in [1.82, 2.24) is 0 Å². The van der Waals surface area contributed by atoms with Gasteiger partial charge in [-0.2, -0.15) is 5.26 Å². The molecule has 0 aliphatic heterocycles. The van der Waals surface area contributed by atoms with Crippen LogP contribution in [0.5, 0.6) is 0 Å². The monoisotopic (exact) mass is 251 g/mol. The Bertz CT molecular complexity index is 497. The van der Waals surface area contributed by atoms with Crippen molar-refractivity contribution in [1.29, 1.82) is 5.26 Å². The average Bonchev–Trinajstić information content (AvgIpc) is 2.75. The molecule has 2 rings (SSSR count). The van der Waals surface area contributed by atoms with Crippen LogP contribution in [0.25, 0.3) is 0 Å². The average molecular weight is 251 g/mol. The molecule has 0 spiro atoms. The molecule has 0 aromatic heterocycles. The number of nitrogens with zero attached hydrogens (tertiary/aromatic N) is 1. The Morgan fingerprint density at radius 1 is 1.50 bits per heavy atom. The van der Waals surface area contributed by atoms with Gasteiger partial charge < -0.3 is 5.11 Å². The molecule has 96 valence electrons. The second-order valence-electron chi connectivity index (χ2n) is 5.16. The van der Waals surface area contributed by atoms with Gasteiger partial charge in [-0.05, 0) is 31.2 Å². The molecule has 1 fully saturated rings. The number of nitriles is 1. The summed E-state index contributed by atoms with van der Waals surface area (Å²) in [6.45, 7) is 1.99. The minimum atomic E-state index is -1.27. The first-order valence-corrected chi connectivity index (χ1v) is 6.03. The van der Waals surface area contributed by atoms with E-state index >= 15 is 0 Å². The quantitative estimate of drug-likeness (QED) is 0.876. The van der Waals surface area contributed by atoms with Crippen LogP contribution in [-0.2, 0) is 0 Å². The minimum Gasteiger partial charge on any atom is -0.387 e. The Morgan fingerprint density at radius 2 is 2.22 bits per heavy atom. The summed E-state index contributed by atoms with van der Waals surface area (Å²) in [6.07, 6.45) is 0.576. The summed E-state index contributed by atoms with van der Waals surface area (Å²) < 4.78 is 26.8. The van der Waals surface area contributed by atoms with Crippen LogP contribution in [0.15, 0.2) is 18.2 Å².